The highest BCUT2D eigenvalue weighted by Gasteiger charge is 2.45. The van der Waals surface area contributed by atoms with Crippen molar-refractivity contribution in [3.8, 4) is 17.2 Å². The highest BCUT2D eigenvalue weighted by atomic mass is 16.5. The number of aliphatic hydroxyl groups excluding tert-OH is 1. The van der Waals surface area contributed by atoms with Crippen LogP contribution in [0.2, 0.25) is 0 Å². The Hall–Kier alpha value is -3.48. The molecule has 1 amide bonds. The molecule has 3 rings (SSSR count). The summed E-state index contributed by atoms with van der Waals surface area (Å²) < 4.78 is 11.3. The minimum absolute atomic E-state index is 0.0156. The molecular weight excluding hydrogens is 434 g/mol. The van der Waals surface area contributed by atoms with Crippen LogP contribution >= 0.6 is 0 Å². The van der Waals surface area contributed by atoms with Gasteiger partial charge < -0.3 is 24.6 Å². The molecule has 1 unspecified atom stereocenters. The molecule has 0 aliphatic carbocycles. The first-order valence-corrected chi connectivity index (χ1v) is 11.7. The van der Waals surface area contributed by atoms with Gasteiger partial charge in [-0.3, -0.25) is 9.59 Å². The number of rotatable bonds is 9. The number of ketones is 1. The maximum Gasteiger partial charge on any atom is 0.295 e. The number of phenolic OH excluding ortho intramolecular Hbond substituents is 1. The number of likely N-dealkylation sites (tertiary alicyclic amines) is 1. The van der Waals surface area contributed by atoms with Gasteiger partial charge >= 0.3 is 0 Å². The van der Waals surface area contributed by atoms with Gasteiger partial charge in [0.2, 0.25) is 0 Å². The number of nitrogens with zero attached hydrogens (tertiary/aromatic N) is 1. The van der Waals surface area contributed by atoms with Gasteiger partial charge in [0, 0.05) is 12.1 Å². The Balaban J connectivity index is 2.11. The van der Waals surface area contributed by atoms with Crippen molar-refractivity contribution in [3.63, 3.8) is 0 Å². The molecule has 2 aromatic carbocycles. The van der Waals surface area contributed by atoms with E-state index in [0.29, 0.717) is 49.0 Å². The Kier molecular flexibility index (Phi) is 7.87. The number of benzene rings is 2. The summed E-state index contributed by atoms with van der Waals surface area (Å²) in [6.07, 6.45) is 0.640. The molecule has 0 saturated carbocycles. The van der Waals surface area contributed by atoms with Crippen LogP contribution in [0, 0.1) is 12.8 Å². The lowest BCUT2D eigenvalue weighted by Gasteiger charge is -2.25. The topological polar surface area (TPSA) is 96.3 Å². The van der Waals surface area contributed by atoms with E-state index in [1.807, 2.05) is 13.8 Å². The zero-order valence-electron chi connectivity index (χ0n) is 20.4. The van der Waals surface area contributed by atoms with Crippen LogP contribution in [0.1, 0.15) is 56.8 Å². The summed E-state index contributed by atoms with van der Waals surface area (Å²) in [5.74, 6) is -0.350. The van der Waals surface area contributed by atoms with Crippen molar-refractivity contribution >= 4 is 17.4 Å². The van der Waals surface area contributed by atoms with Crippen LogP contribution in [0.3, 0.4) is 0 Å². The molecule has 1 aliphatic rings. The predicted octanol–water partition coefficient (Wildman–Crippen LogP) is 4.97. The Labute approximate surface area is 200 Å². The zero-order chi connectivity index (χ0) is 25.0. The van der Waals surface area contributed by atoms with Crippen molar-refractivity contribution in [1.29, 1.82) is 0 Å². The molecule has 0 aromatic heterocycles. The van der Waals surface area contributed by atoms with E-state index in [-0.39, 0.29) is 22.8 Å². The highest BCUT2D eigenvalue weighted by molar-refractivity contribution is 6.46. The van der Waals surface area contributed by atoms with E-state index in [4.69, 9.17) is 9.47 Å². The molecule has 1 atom stereocenters. The number of phenols is 1. The minimum Gasteiger partial charge on any atom is -0.507 e. The number of carbonyl (C=O) groups is 2. The van der Waals surface area contributed by atoms with Crippen LogP contribution in [0.25, 0.3) is 5.76 Å². The Morgan fingerprint density at radius 1 is 1.06 bits per heavy atom. The van der Waals surface area contributed by atoms with Crippen LogP contribution in [-0.2, 0) is 9.59 Å². The third-order valence-electron chi connectivity index (χ3n) is 5.62. The van der Waals surface area contributed by atoms with Crippen LogP contribution in [0.15, 0.2) is 42.0 Å². The Bertz CT molecular complexity index is 1100. The average Bonchev–Trinajstić information content (AvgIpc) is 3.04. The number of Topliss-reactive ketones (excluding diaryl/α,β-unsaturated/α-hetero) is 1. The highest BCUT2D eigenvalue weighted by Crippen LogP contribution is 2.42. The molecule has 1 saturated heterocycles. The fourth-order valence-corrected chi connectivity index (χ4v) is 4.04. The molecule has 1 fully saturated rings. The van der Waals surface area contributed by atoms with Crippen LogP contribution in [0.4, 0.5) is 0 Å². The maximum absolute atomic E-state index is 13.1. The first-order valence-electron chi connectivity index (χ1n) is 11.7. The summed E-state index contributed by atoms with van der Waals surface area (Å²) >= 11 is 0. The van der Waals surface area contributed by atoms with E-state index in [1.54, 1.807) is 37.3 Å². The lowest BCUT2D eigenvalue weighted by atomic mass is 9.94. The predicted molar refractivity (Wildman–Crippen MR) is 130 cm³/mol. The van der Waals surface area contributed by atoms with Crippen molar-refractivity contribution < 1.29 is 29.3 Å². The van der Waals surface area contributed by atoms with E-state index >= 15 is 0 Å². The van der Waals surface area contributed by atoms with Gasteiger partial charge in [0.05, 0.1) is 24.8 Å². The van der Waals surface area contributed by atoms with Gasteiger partial charge in [0.15, 0.2) is 11.5 Å². The second kappa shape index (κ2) is 10.6. The van der Waals surface area contributed by atoms with Gasteiger partial charge in [-0.1, -0.05) is 26.8 Å². The molecule has 7 nitrogen and oxygen atoms in total. The molecule has 182 valence electrons. The summed E-state index contributed by atoms with van der Waals surface area (Å²) in [7, 11) is 0. The third kappa shape index (κ3) is 5.03. The van der Waals surface area contributed by atoms with E-state index < -0.39 is 17.7 Å². The number of aromatic hydroxyl groups is 1. The Morgan fingerprint density at radius 2 is 1.79 bits per heavy atom. The number of ether oxygens (including phenoxy) is 2. The van der Waals surface area contributed by atoms with Gasteiger partial charge in [0.1, 0.15) is 11.5 Å². The standard InChI is InChI=1S/C27H33NO6/c1-6-12-28-24(18-8-10-20(29)22(14-18)33-7-2)23(26(31)27(28)32)25(30)19-9-11-21(17(5)13-19)34-15-16(3)4/h8-11,13-14,16,24,29-30H,6-7,12,15H2,1-5H3/b25-23-. The molecule has 34 heavy (non-hydrogen) atoms. The fourth-order valence-electron chi connectivity index (χ4n) is 4.04. The summed E-state index contributed by atoms with van der Waals surface area (Å²) in [6, 6.07) is 9.12. The van der Waals surface area contributed by atoms with Gasteiger partial charge in [-0.15, -0.1) is 0 Å². The third-order valence-corrected chi connectivity index (χ3v) is 5.62. The monoisotopic (exact) mass is 467 g/mol. The quantitative estimate of drug-likeness (QED) is 0.307. The number of amides is 1. The van der Waals surface area contributed by atoms with Crippen molar-refractivity contribution in [3.05, 3.63) is 58.7 Å². The molecule has 1 aliphatic heterocycles. The summed E-state index contributed by atoms with van der Waals surface area (Å²) in [4.78, 5) is 27.4. The van der Waals surface area contributed by atoms with Gasteiger partial charge in [-0.25, -0.2) is 0 Å². The molecule has 0 spiro atoms. The molecule has 0 bridgehead atoms. The van der Waals surface area contributed by atoms with E-state index in [9.17, 15) is 19.8 Å². The zero-order valence-corrected chi connectivity index (χ0v) is 20.4. The summed E-state index contributed by atoms with van der Waals surface area (Å²) in [5.41, 5.74) is 1.83. The Morgan fingerprint density at radius 3 is 2.41 bits per heavy atom. The summed E-state index contributed by atoms with van der Waals surface area (Å²) in [6.45, 7) is 11.0. The van der Waals surface area contributed by atoms with Gasteiger partial charge in [0.25, 0.3) is 11.7 Å². The lowest BCUT2D eigenvalue weighted by molar-refractivity contribution is -0.139. The number of hydrogen-bond acceptors (Lipinski definition) is 6. The van der Waals surface area contributed by atoms with Gasteiger partial charge in [-0.05, 0) is 67.6 Å². The molecule has 2 aromatic rings. The number of hydrogen-bond donors (Lipinski definition) is 2. The molecule has 7 heteroatoms. The van der Waals surface area contributed by atoms with Gasteiger partial charge in [-0.2, -0.15) is 0 Å². The minimum atomic E-state index is -0.795. The van der Waals surface area contributed by atoms with Crippen molar-refractivity contribution in [2.24, 2.45) is 5.92 Å². The largest absolute Gasteiger partial charge is 0.507 e. The fraction of sp³-hybridized carbons (Fsp3) is 0.407. The van der Waals surface area contributed by atoms with Crippen molar-refractivity contribution in [1.82, 2.24) is 4.90 Å². The molecule has 0 radical (unpaired) electrons. The number of aryl methyl sites for hydroxylation is 1. The van der Waals surface area contributed by atoms with Crippen molar-refractivity contribution in [2.75, 3.05) is 19.8 Å². The van der Waals surface area contributed by atoms with E-state index in [0.717, 1.165) is 5.56 Å². The van der Waals surface area contributed by atoms with Crippen LogP contribution < -0.4 is 9.47 Å². The smallest absolute Gasteiger partial charge is 0.295 e. The second-order valence-electron chi connectivity index (χ2n) is 8.84. The van der Waals surface area contributed by atoms with Crippen molar-refractivity contribution in [2.45, 2.75) is 47.1 Å². The molecule has 1 heterocycles. The van der Waals surface area contributed by atoms with Crippen LogP contribution in [-0.4, -0.2) is 46.6 Å². The number of aliphatic hydroxyl groups is 1. The number of carbonyl (C=O) groups excluding carboxylic acids is 2. The van der Waals surface area contributed by atoms with E-state index in [1.165, 1.54) is 11.0 Å². The van der Waals surface area contributed by atoms with E-state index in [2.05, 4.69) is 13.8 Å². The SMILES string of the molecule is CCCN1C(=O)C(=O)/C(=C(\O)c2ccc(OCC(C)C)c(C)c2)C1c1ccc(O)c(OCC)c1. The average molecular weight is 468 g/mol. The summed E-state index contributed by atoms with van der Waals surface area (Å²) in [5, 5.41) is 21.4. The molecular formula is C27H33NO6. The second-order valence-corrected chi connectivity index (χ2v) is 8.84. The normalized spacial score (nSPS) is 17.5. The lowest BCUT2D eigenvalue weighted by Crippen LogP contribution is -2.30. The first kappa shape index (κ1) is 25.1. The van der Waals surface area contributed by atoms with Crippen LogP contribution in [0.5, 0.6) is 17.2 Å². The maximum atomic E-state index is 13.1. The first-order chi connectivity index (χ1) is 16.2. The molecule has 2 N–H and O–H groups in total.